The van der Waals surface area contributed by atoms with E-state index in [1.165, 1.54) is 5.56 Å². The molecule has 2 rings (SSSR count). The number of piperidine rings is 1. The molecular formula is C19H27NO4. The van der Waals surface area contributed by atoms with Gasteiger partial charge >= 0.3 is 5.97 Å². The summed E-state index contributed by atoms with van der Waals surface area (Å²) in [5.41, 5.74) is 3.23. The molecule has 0 spiro atoms. The highest BCUT2D eigenvalue weighted by atomic mass is 16.5. The maximum absolute atomic E-state index is 12.6. The van der Waals surface area contributed by atoms with E-state index in [9.17, 15) is 9.59 Å². The van der Waals surface area contributed by atoms with Crippen LogP contribution in [0.2, 0.25) is 0 Å². The average Bonchev–Trinajstić information content (AvgIpc) is 2.52. The Morgan fingerprint density at radius 1 is 1.21 bits per heavy atom. The molecule has 24 heavy (non-hydrogen) atoms. The standard InChI is InChI=1S/C19H27NO4/c1-13-10-14(2)19(15(3)11-13)24-12-17(21)20-9-5-4-6-16(20)7-8-18(22)23/h10-11,16H,4-9,12H2,1-3H3,(H,22,23). The molecule has 0 saturated carbocycles. The minimum absolute atomic E-state index is 0.00825. The van der Waals surface area contributed by atoms with Gasteiger partial charge in [0.15, 0.2) is 6.61 Å². The fraction of sp³-hybridized carbons (Fsp3) is 0.579. The first-order valence-corrected chi connectivity index (χ1v) is 8.60. The molecule has 0 bridgehead atoms. The zero-order valence-electron chi connectivity index (χ0n) is 14.8. The molecule has 1 atom stereocenters. The van der Waals surface area contributed by atoms with Crippen LogP contribution >= 0.6 is 0 Å². The van der Waals surface area contributed by atoms with E-state index in [1.807, 2.05) is 37.8 Å². The number of carboxylic acid groups (broad SMARTS) is 1. The van der Waals surface area contributed by atoms with Crippen LogP contribution in [-0.2, 0) is 9.59 Å². The Morgan fingerprint density at radius 2 is 1.88 bits per heavy atom. The van der Waals surface area contributed by atoms with Crippen LogP contribution in [0.4, 0.5) is 0 Å². The van der Waals surface area contributed by atoms with E-state index in [1.54, 1.807) is 0 Å². The molecule has 5 nitrogen and oxygen atoms in total. The molecule has 1 amide bonds. The summed E-state index contributed by atoms with van der Waals surface area (Å²) in [4.78, 5) is 25.2. The van der Waals surface area contributed by atoms with E-state index in [-0.39, 0.29) is 25.0 Å². The lowest BCUT2D eigenvalue weighted by Crippen LogP contribution is -2.46. The highest BCUT2D eigenvalue weighted by Crippen LogP contribution is 2.25. The number of ether oxygens (including phenoxy) is 1. The minimum Gasteiger partial charge on any atom is -0.483 e. The number of benzene rings is 1. The third kappa shape index (κ3) is 4.73. The Kier molecular flexibility index (Phi) is 6.23. The second kappa shape index (κ2) is 8.18. The molecule has 1 N–H and O–H groups in total. The van der Waals surface area contributed by atoms with Gasteiger partial charge in [-0.05, 0) is 57.6 Å². The zero-order chi connectivity index (χ0) is 17.7. The van der Waals surface area contributed by atoms with Crippen molar-refractivity contribution in [1.29, 1.82) is 0 Å². The number of carboxylic acids is 1. The van der Waals surface area contributed by atoms with Gasteiger partial charge in [-0.15, -0.1) is 0 Å². The van der Waals surface area contributed by atoms with Gasteiger partial charge in [-0.25, -0.2) is 0 Å². The van der Waals surface area contributed by atoms with Crippen molar-refractivity contribution < 1.29 is 19.4 Å². The van der Waals surface area contributed by atoms with Crippen molar-refractivity contribution in [3.05, 3.63) is 28.8 Å². The Bertz CT molecular complexity index is 588. The predicted octanol–water partition coefficient (Wildman–Crippen LogP) is 3.24. The van der Waals surface area contributed by atoms with Crippen LogP contribution in [-0.4, -0.2) is 41.1 Å². The van der Waals surface area contributed by atoms with Gasteiger partial charge in [0, 0.05) is 19.0 Å². The lowest BCUT2D eigenvalue weighted by molar-refractivity contribution is -0.141. The Labute approximate surface area is 143 Å². The second-order valence-corrected chi connectivity index (χ2v) is 6.69. The number of hydrogen-bond acceptors (Lipinski definition) is 3. The largest absolute Gasteiger partial charge is 0.483 e. The van der Waals surface area contributed by atoms with Crippen molar-refractivity contribution in [2.75, 3.05) is 13.2 Å². The van der Waals surface area contributed by atoms with Crippen LogP contribution in [0.15, 0.2) is 12.1 Å². The minimum atomic E-state index is -0.810. The third-order valence-electron chi connectivity index (χ3n) is 4.58. The SMILES string of the molecule is Cc1cc(C)c(OCC(=O)N2CCCCC2CCC(=O)O)c(C)c1. The van der Waals surface area contributed by atoms with Crippen LogP contribution in [0.1, 0.15) is 48.8 Å². The van der Waals surface area contributed by atoms with Crippen molar-refractivity contribution in [3.8, 4) is 5.75 Å². The molecule has 1 aromatic carbocycles. The van der Waals surface area contributed by atoms with E-state index in [2.05, 4.69) is 0 Å². The molecule has 5 heteroatoms. The molecule has 132 valence electrons. The fourth-order valence-electron chi connectivity index (χ4n) is 3.53. The number of carbonyl (C=O) groups is 2. The lowest BCUT2D eigenvalue weighted by Gasteiger charge is -2.35. The van der Waals surface area contributed by atoms with Crippen molar-refractivity contribution >= 4 is 11.9 Å². The smallest absolute Gasteiger partial charge is 0.303 e. The molecule has 0 aromatic heterocycles. The number of carbonyl (C=O) groups excluding carboxylic acids is 1. The summed E-state index contributed by atoms with van der Waals surface area (Å²) < 4.78 is 5.80. The van der Waals surface area contributed by atoms with Crippen molar-refractivity contribution in [1.82, 2.24) is 4.90 Å². The second-order valence-electron chi connectivity index (χ2n) is 6.69. The van der Waals surface area contributed by atoms with E-state index in [0.29, 0.717) is 13.0 Å². The van der Waals surface area contributed by atoms with Crippen molar-refractivity contribution in [3.63, 3.8) is 0 Å². The molecule has 1 saturated heterocycles. The number of rotatable bonds is 6. The highest BCUT2D eigenvalue weighted by Gasteiger charge is 2.27. The van der Waals surface area contributed by atoms with Gasteiger partial charge in [-0.2, -0.15) is 0 Å². The first kappa shape index (κ1) is 18.3. The topological polar surface area (TPSA) is 66.8 Å². The summed E-state index contributed by atoms with van der Waals surface area (Å²) in [6.07, 6.45) is 3.51. The fourth-order valence-corrected chi connectivity index (χ4v) is 3.53. The molecule has 1 fully saturated rings. The monoisotopic (exact) mass is 333 g/mol. The Morgan fingerprint density at radius 3 is 2.50 bits per heavy atom. The third-order valence-corrected chi connectivity index (χ3v) is 4.58. The van der Waals surface area contributed by atoms with Gasteiger partial charge in [0.2, 0.25) is 0 Å². The number of likely N-dealkylation sites (tertiary alicyclic amines) is 1. The quantitative estimate of drug-likeness (QED) is 0.868. The summed E-state index contributed by atoms with van der Waals surface area (Å²) in [5, 5.41) is 8.88. The summed E-state index contributed by atoms with van der Waals surface area (Å²) >= 11 is 0. The zero-order valence-corrected chi connectivity index (χ0v) is 14.8. The first-order chi connectivity index (χ1) is 11.4. The molecule has 1 aliphatic heterocycles. The molecule has 1 heterocycles. The maximum Gasteiger partial charge on any atom is 0.303 e. The van der Waals surface area contributed by atoms with E-state index >= 15 is 0 Å². The summed E-state index contributed by atoms with van der Waals surface area (Å²) in [6, 6.07) is 4.11. The van der Waals surface area contributed by atoms with E-state index < -0.39 is 5.97 Å². The van der Waals surface area contributed by atoms with Crippen molar-refractivity contribution in [2.45, 2.75) is 58.9 Å². The molecule has 1 unspecified atom stereocenters. The number of amides is 1. The molecule has 1 aliphatic rings. The van der Waals surface area contributed by atoms with Gasteiger partial charge in [-0.1, -0.05) is 17.7 Å². The molecule has 0 radical (unpaired) electrons. The highest BCUT2D eigenvalue weighted by molar-refractivity contribution is 5.78. The number of hydrogen-bond donors (Lipinski definition) is 1. The summed E-state index contributed by atoms with van der Waals surface area (Å²) in [7, 11) is 0. The van der Waals surface area contributed by atoms with Crippen LogP contribution in [0, 0.1) is 20.8 Å². The Hall–Kier alpha value is -2.04. The first-order valence-electron chi connectivity index (χ1n) is 8.60. The lowest BCUT2D eigenvalue weighted by atomic mass is 9.98. The maximum atomic E-state index is 12.6. The van der Waals surface area contributed by atoms with E-state index in [4.69, 9.17) is 9.84 Å². The molecular weight excluding hydrogens is 306 g/mol. The van der Waals surface area contributed by atoms with Crippen LogP contribution in [0.3, 0.4) is 0 Å². The van der Waals surface area contributed by atoms with E-state index in [0.717, 1.165) is 36.1 Å². The number of aliphatic carboxylic acids is 1. The molecule has 1 aromatic rings. The van der Waals surface area contributed by atoms with Gasteiger partial charge < -0.3 is 14.7 Å². The predicted molar refractivity (Wildman–Crippen MR) is 92.4 cm³/mol. The Balaban J connectivity index is 1.98. The van der Waals surface area contributed by atoms with Crippen molar-refractivity contribution in [2.24, 2.45) is 0 Å². The summed E-state index contributed by atoms with van der Waals surface area (Å²) in [5.74, 6) is -0.0902. The molecule has 0 aliphatic carbocycles. The average molecular weight is 333 g/mol. The van der Waals surface area contributed by atoms with Gasteiger partial charge in [0.1, 0.15) is 5.75 Å². The van der Waals surface area contributed by atoms with Crippen LogP contribution < -0.4 is 4.74 Å². The van der Waals surface area contributed by atoms with Crippen LogP contribution in [0.25, 0.3) is 0 Å². The van der Waals surface area contributed by atoms with Gasteiger partial charge in [0.25, 0.3) is 5.91 Å². The number of aryl methyl sites for hydroxylation is 3. The number of nitrogens with zero attached hydrogens (tertiary/aromatic N) is 1. The van der Waals surface area contributed by atoms with Crippen LogP contribution in [0.5, 0.6) is 5.75 Å². The van der Waals surface area contributed by atoms with Gasteiger partial charge in [0.05, 0.1) is 0 Å². The van der Waals surface area contributed by atoms with Gasteiger partial charge in [-0.3, -0.25) is 9.59 Å². The normalized spacial score (nSPS) is 17.6. The summed E-state index contributed by atoms with van der Waals surface area (Å²) in [6.45, 7) is 6.70.